The lowest BCUT2D eigenvalue weighted by Crippen LogP contribution is -2.53. The number of hydrogen-bond donors (Lipinski definition) is 1. The summed E-state index contributed by atoms with van der Waals surface area (Å²) in [5.41, 5.74) is 0.494. The van der Waals surface area contributed by atoms with Gasteiger partial charge in [0.2, 0.25) is 0 Å². The number of nitrogens with zero attached hydrogens (tertiary/aromatic N) is 1. The number of carbonyl (C=O) groups excluding carboxylic acids is 1. The summed E-state index contributed by atoms with van der Waals surface area (Å²) in [5.74, 6) is -0.274. The van der Waals surface area contributed by atoms with E-state index in [1.54, 1.807) is 18.2 Å². The summed E-state index contributed by atoms with van der Waals surface area (Å²) >= 11 is 0. The molecule has 0 spiro atoms. The van der Waals surface area contributed by atoms with Crippen molar-refractivity contribution in [2.75, 3.05) is 26.3 Å². The summed E-state index contributed by atoms with van der Waals surface area (Å²) in [6.45, 7) is 1.51. The number of amides is 1. The second-order valence-corrected chi connectivity index (χ2v) is 4.60. The summed E-state index contributed by atoms with van der Waals surface area (Å²) in [6, 6.07) is 5.02. The first-order chi connectivity index (χ1) is 9.15. The van der Waals surface area contributed by atoms with Crippen LogP contribution >= 0.6 is 0 Å². The predicted octanol–water partition coefficient (Wildman–Crippen LogP) is 0.614. The molecular weight excluding hydrogens is 250 g/mol. The average molecular weight is 263 g/mol. The fraction of sp³-hybridized carbons (Fsp3) is 0.385. The molecule has 1 aromatic rings. The van der Waals surface area contributed by atoms with Crippen molar-refractivity contribution in [3.8, 4) is 11.5 Å². The van der Waals surface area contributed by atoms with Crippen LogP contribution in [0, 0.1) is 5.92 Å². The van der Waals surface area contributed by atoms with E-state index in [0.29, 0.717) is 30.3 Å². The molecule has 0 aromatic heterocycles. The number of carboxylic acid groups (broad SMARTS) is 1. The lowest BCUT2D eigenvalue weighted by molar-refractivity contribution is -0.146. The summed E-state index contributed by atoms with van der Waals surface area (Å²) in [7, 11) is 0. The molecule has 1 N–H and O–H groups in total. The normalized spacial score (nSPS) is 17.8. The Bertz CT molecular complexity index is 536. The SMILES string of the molecule is O=C(O)C1CN(C(=O)c2ccc3c(c2)OCCO3)C1. The van der Waals surface area contributed by atoms with Crippen molar-refractivity contribution in [1.82, 2.24) is 4.90 Å². The van der Waals surface area contributed by atoms with E-state index in [2.05, 4.69) is 0 Å². The molecule has 0 bridgehead atoms. The minimum atomic E-state index is -0.855. The molecule has 2 heterocycles. The largest absolute Gasteiger partial charge is 0.486 e. The monoisotopic (exact) mass is 263 g/mol. The van der Waals surface area contributed by atoms with E-state index >= 15 is 0 Å². The zero-order chi connectivity index (χ0) is 13.4. The number of fused-ring (bicyclic) bond motifs is 1. The summed E-state index contributed by atoms with van der Waals surface area (Å²) in [5, 5.41) is 8.79. The maximum atomic E-state index is 12.1. The van der Waals surface area contributed by atoms with Crippen LogP contribution < -0.4 is 9.47 Å². The van der Waals surface area contributed by atoms with Gasteiger partial charge in [-0.3, -0.25) is 9.59 Å². The van der Waals surface area contributed by atoms with Gasteiger partial charge in [0.25, 0.3) is 5.91 Å². The molecular formula is C13H13NO5. The van der Waals surface area contributed by atoms with Crippen molar-refractivity contribution in [3.63, 3.8) is 0 Å². The zero-order valence-electron chi connectivity index (χ0n) is 10.2. The highest BCUT2D eigenvalue weighted by atomic mass is 16.6. The van der Waals surface area contributed by atoms with Crippen LogP contribution in [0.15, 0.2) is 18.2 Å². The third-order valence-electron chi connectivity index (χ3n) is 3.31. The van der Waals surface area contributed by atoms with E-state index in [4.69, 9.17) is 14.6 Å². The predicted molar refractivity (Wildman–Crippen MR) is 64.5 cm³/mol. The third-order valence-corrected chi connectivity index (χ3v) is 3.31. The maximum absolute atomic E-state index is 12.1. The van der Waals surface area contributed by atoms with Gasteiger partial charge in [0.1, 0.15) is 13.2 Å². The molecule has 1 amide bonds. The Morgan fingerprint density at radius 1 is 1.16 bits per heavy atom. The second kappa shape index (κ2) is 4.46. The van der Waals surface area contributed by atoms with Crippen LogP contribution in [-0.2, 0) is 4.79 Å². The molecule has 0 saturated carbocycles. The Labute approximate surface area is 109 Å². The van der Waals surface area contributed by atoms with Gasteiger partial charge in [-0.2, -0.15) is 0 Å². The van der Waals surface area contributed by atoms with Crippen LogP contribution in [0.2, 0.25) is 0 Å². The van der Waals surface area contributed by atoms with Crippen molar-refractivity contribution in [3.05, 3.63) is 23.8 Å². The number of carbonyl (C=O) groups is 2. The van der Waals surface area contributed by atoms with Crippen LogP contribution in [0.1, 0.15) is 10.4 Å². The number of likely N-dealkylation sites (tertiary alicyclic amines) is 1. The van der Waals surface area contributed by atoms with E-state index in [-0.39, 0.29) is 19.0 Å². The molecule has 0 aliphatic carbocycles. The maximum Gasteiger partial charge on any atom is 0.310 e. The highest BCUT2D eigenvalue weighted by Crippen LogP contribution is 2.31. The Hall–Kier alpha value is -2.24. The number of benzene rings is 1. The van der Waals surface area contributed by atoms with Crippen molar-refractivity contribution in [2.45, 2.75) is 0 Å². The molecule has 2 aliphatic heterocycles. The van der Waals surface area contributed by atoms with E-state index < -0.39 is 11.9 Å². The topological polar surface area (TPSA) is 76.1 Å². The first-order valence-electron chi connectivity index (χ1n) is 6.07. The first-order valence-corrected chi connectivity index (χ1v) is 6.07. The van der Waals surface area contributed by atoms with Crippen LogP contribution in [0.25, 0.3) is 0 Å². The van der Waals surface area contributed by atoms with Gasteiger partial charge in [-0.05, 0) is 18.2 Å². The summed E-state index contributed by atoms with van der Waals surface area (Å²) < 4.78 is 10.8. The van der Waals surface area contributed by atoms with Gasteiger partial charge < -0.3 is 19.5 Å². The smallest absolute Gasteiger partial charge is 0.310 e. The van der Waals surface area contributed by atoms with Crippen LogP contribution in [0.3, 0.4) is 0 Å². The Balaban J connectivity index is 1.72. The van der Waals surface area contributed by atoms with Crippen LogP contribution in [0.4, 0.5) is 0 Å². The van der Waals surface area contributed by atoms with Crippen molar-refractivity contribution in [2.24, 2.45) is 5.92 Å². The Morgan fingerprint density at radius 3 is 2.53 bits per heavy atom. The van der Waals surface area contributed by atoms with Gasteiger partial charge in [-0.25, -0.2) is 0 Å². The summed E-state index contributed by atoms with van der Waals surface area (Å²) in [4.78, 5) is 24.3. The molecule has 6 nitrogen and oxygen atoms in total. The van der Waals surface area contributed by atoms with Gasteiger partial charge >= 0.3 is 5.97 Å². The molecule has 3 rings (SSSR count). The highest BCUT2D eigenvalue weighted by Gasteiger charge is 2.36. The fourth-order valence-corrected chi connectivity index (χ4v) is 2.16. The van der Waals surface area contributed by atoms with Crippen LogP contribution in [0.5, 0.6) is 11.5 Å². The van der Waals surface area contributed by atoms with Gasteiger partial charge in [0.05, 0.1) is 5.92 Å². The lowest BCUT2D eigenvalue weighted by atomic mass is 9.99. The molecule has 1 aromatic carbocycles. The van der Waals surface area contributed by atoms with Gasteiger partial charge in [0.15, 0.2) is 11.5 Å². The summed E-state index contributed by atoms with van der Waals surface area (Å²) in [6.07, 6.45) is 0. The molecule has 1 saturated heterocycles. The van der Waals surface area contributed by atoms with Gasteiger partial charge in [-0.1, -0.05) is 0 Å². The Kier molecular flexibility index (Phi) is 2.77. The molecule has 0 atom stereocenters. The van der Waals surface area contributed by atoms with E-state index in [9.17, 15) is 9.59 Å². The molecule has 2 aliphatic rings. The Morgan fingerprint density at radius 2 is 1.84 bits per heavy atom. The van der Waals surface area contributed by atoms with Crippen molar-refractivity contribution in [1.29, 1.82) is 0 Å². The van der Waals surface area contributed by atoms with Crippen LogP contribution in [-0.4, -0.2) is 48.2 Å². The lowest BCUT2D eigenvalue weighted by Gasteiger charge is -2.36. The second-order valence-electron chi connectivity index (χ2n) is 4.60. The molecule has 1 fully saturated rings. The number of rotatable bonds is 2. The molecule has 0 unspecified atom stereocenters. The minimum Gasteiger partial charge on any atom is -0.486 e. The van der Waals surface area contributed by atoms with Crippen molar-refractivity contribution < 1.29 is 24.2 Å². The fourth-order valence-electron chi connectivity index (χ4n) is 2.16. The number of aliphatic carboxylic acids is 1. The van der Waals surface area contributed by atoms with E-state index in [0.717, 1.165) is 0 Å². The number of hydrogen-bond acceptors (Lipinski definition) is 4. The van der Waals surface area contributed by atoms with E-state index in [1.807, 2.05) is 0 Å². The van der Waals surface area contributed by atoms with Crippen molar-refractivity contribution >= 4 is 11.9 Å². The highest BCUT2D eigenvalue weighted by molar-refractivity contribution is 5.96. The third kappa shape index (κ3) is 2.09. The number of carboxylic acids is 1. The minimum absolute atomic E-state index is 0.172. The molecule has 6 heteroatoms. The quantitative estimate of drug-likeness (QED) is 0.846. The average Bonchev–Trinajstić information content (AvgIpc) is 2.35. The first kappa shape index (κ1) is 11.8. The molecule has 0 radical (unpaired) electrons. The van der Waals surface area contributed by atoms with E-state index in [1.165, 1.54) is 4.90 Å². The zero-order valence-corrected chi connectivity index (χ0v) is 10.2. The van der Waals surface area contributed by atoms with Gasteiger partial charge in [0, 0.05) is 18.7 Å². The molecule has 19 heavy (non-hydrogen) atoms. The van der Waals surface area contributed by atoms with Gasteiger partial charge in [-0.15, -0.1) is 0 Å². The molecule has 100 valence electrons. The standard InChI is InChI=1S/C13H13NO5/c15-12(14-6-9(7-14)13(16)17)8-1-2-10-11(5-8)19-4-3-18-10/h1-2,5,9H,3-4,6-7H2,(H,16,17). The number of ether oxygens (including phenoxy) is 2.